The van der Waals surface area contributed by atoms with Crippen LogP contribution in [-0.4, -0.2) is 13.3 Å². The van der Waals surface area contributed by atoms with Crippen molar-refractivity contribution < 1.29 is 23.4 Å². The topological polar surface area (TPSA) is 44.8 Å². The fourth-order valence-electron chi connectivity index (χ4n) is 2.39. The fraction of sp³-hybridized carbons (Fsp3) is 0.316. The summed E-state index contributed by atoms with van der Waals surface area (Å²) >= 11 is 6.25. The molecule has 0 saturated heterocycles. The Morgan fingerprint density at radius 2 is 1.84 bits per heavy atom. The van der Waals surface area contributed by atoms with Gasteiger partial charge in [-0.1, -0.05) is 37.6 Å². The van der Waals surface area contributed by atoms with E-state index in [2.05, 4.69) is 4.74 Å². The summed E-state index contributed by atoms with van der Waals surface area (Å²) in [6.07, 6.45) is 0.648. The molecule has 2 aromatic carbocycles. The van der Waals surface area contributed by atoms with E-state index in [-0.39, 0.29) is 17.9 Å². The standard InChI is InChI=1S/C19H20ClFO4/c1-4-12-9-13(5-2)18(10-15(12)20)24-11-14-16(21)7-6-8-17(14)25-19(22)23-3/h6-10H,4-5,11H2,1-3H3. The normalized spacial score (nSPS) is 10.4. The van der Waals surface area contributed by atoms with Crippen molar-refractivity contribution in [2.24, 2.45) is 0 Å². The minimum atomic E-state index is -0.920. The minimum Gasteiger partial charge on any atom is -0.488 e. The van der Waals surface area contributed by atoms with E-state index in [9.17, 15) is 9.18 Å². The molecule has 0 amide bonds. The van der Waals surface area contributed by atoms with Crippen LogP contribution in [0.5, 0.6) is 11.5 Å². The molecule has 0 aliphatic rings. The summed E-state index contributed by atoms with van der Waals surface area (Å²) in [6.45, 7) is 3.93. The van der Waals surface area contributed by atoms with Crippen LogP contribution in [0.25, 0.3) is 0 Å². The first-order chi connectivity index (χ1) is 12.0. The smallest absolute Gasteiger partial charge is 0.488 e. The third-order valence-electron chi connectivity index (χ3n) is 3.80. The molecule has 0 aromatic heterocycles. The monoisotopic (exact) mass is 366 g/mol. The van der Waals surface area contributed by atoms with Crippen molar-refractivity contribution >= 4 is 17.8 Å². The zero-order chi connectivity index (χ0) is 18.4. The van der Waals surface area contributed by atoms with Gasteiger partial charge in [-0.15, -0.1) is 0 Å². The highest BCUT2D eigenvalue weighted by atomic mass is 35.5. The Kier molecular flexibility index (Phi) is 6.65. The van der Waals surface area contributed by atoms with Crippen LogP contribution >= 0.6 is 11.6 Å². The zero-order valence-corrected chi connectivity index (χ0v) is 15.2. The van der Waals surface area contributed by atoms with Gasteiger partial charge in [-0.25, -0.2) is 9.18 Å². The molecular formula is C19H20ClFO4. The summed E-state index contributed by atoms with van der Waals surface area (Å²) in [5.74, 6) is 0.105. The van der Waals surface area contributed by atoms with Crippen molar-refractivity contribution in [3.05, 3.63) is 57.9 Å². The van der Waals surface area contributed by atoms with Crippen molar-refractivity contribution in [3.63, 3.8) is 0 Å². The van der Waals surface area contributed by atoms with E-state index in [1.54, 1.807) is 6.07 Å². The molecule has 0 heterocycles. The van der Waals surface area contributed by atoms with E-state index in [1.165, 1.54) is 25.3 Å². The molecule has 2 aromatic rings. The minimum absolute atomic E-state index is 0.0566. The van der Waals surface area contributed by atoms with Crippen LogP contribution in [0.3, 0.4) is 0 Å². The molecule has 0 fully saturated rings. The van der Waals surface area contributed by atoms with Crippen LogP contribution in [0.1, 0.15) is 30.5 Å². The van der Waals surface area contributed by atoms with Gasteiger partial charge in [0.2, 0.25) is 0 Å². The average Bonchev–Trinajstić information content (AvgIpc) is 2.61. The number of methoxy groups -OCH3 is 1. The molecule has 6 heteroatoms. The van der Waals surface area contributed by atoms with Crippen LogP contribution in [0.15, 0.2) is 30.3 Å². The molecule has 0 saturated carbocycles. The number of carbonyl (C=O) groups excluding carboxylic acids is 1. The molecule has 0 spiro atoms. The summed E-state index contributed by atoms with van der Waals surface area (Å²) in [5, 5.41) is 0.606. The second-order valence-electron chi connectivity index (χ2n) is 5.32. The van der Waals surface area contributed by atoms with Gasteiger partial charge in [0.15, 0.2) is 0 Å². The second-order valence-corrected chi connectivity index (χ2v) is 5.73. The molecule has 4 nitrogen and oxygen atoms in total. The number of hydrogen-bond acceptors (Lipinski definition) is 4. The number of rotatable bonds is 6. The number of aryl methyl sites for hydroxylation is 2. The predicted molar refractivity (Wildman–Crippen MR) is 94.0 cm³/mol. The van der Waals surface area contributed by atoms with E-state index in [0.717, 1.165) is 24.0 Å². The highest BCUT2D eigenvalue weighted by molar-refractivity contribution is 6.31. The van der Waals surface area contributed by atoms with Gasteiger partial charge in [0.1, 0.15) is 23.9 Å². The van der Waals surface area contributed by atoms with Gasteiger partial charge in [-0.05, 0) is 42.2 Å². The molecule has 0 N–H and O–H groups in total. The van der Waals surface area contributed by atoms with E-state index in [1.807, 2.05) is 19.9 Å². The van der Waals surface area contributed by atoms with E-state index < -0.39 is 12.0 Å². The molecule has 0 unspecified atom stereocenters. The SMILES string of the molecule is CCc1cc(CC)c(OCc2c(F)cccc2OC(=O)OC)cc1Cl. The summed E-state index contributed by atoms with van der Waals surface area (Å²) in [6, 6.07) is 7.93. The third-order valence-corrected chi connectivity index (χ3v) is 4.15. The first kappa shape index (κ1) is 19.1. The molecule has 25 heavy (non-hydrogen) atoms. The van der Waals surface area contributed by atoms with Crippen molar-refractivity contribution in [2.75, 3.05) is 7.11 Å². The van der Waals surface area contributed by atoms with E-state index in [4.69, 9.17) is 21.1 Å². The van der Waals surface area contributed by atoms with Crippen molar-refractivity contribution in [1.29, 1.82) is 0 Å². The Labute approximate surface area is 151 Å². The summed E-state index contributed by atoms with van der Waals surface area (Å²) in [7, 11) is 1.18. The molecule has 0 aliphatic carbocycles. The number of carbonyl (C=O) groups is 1. The predicted octanol–water partition coefficient (Wildman–Crippen LogP) is 5.33. The Morgan fingerprint density at radius 1 is 1.12 bits per heavy atom. The van der Waals surface area contributed by atoms with Crippen LogP contribution in [0.4, 0.5) is 9.18 Å². The molecule has 0 aliphatic heterocycles. The maximum absolute atomic E-state index is 14.1. The van der Waals surface area contributed by atoms with Gasteiger partial charge in [0, 0.05) is 5.02 Å². The molecule has 0 bridgehead atoms. The van der Waals surface area contributed by atoms with Crippen LogP contribution < -0.4 is 9.47 Å². The lowest BCUT2D eigenvalue weighted by Gasteiger charge is -2.15. The first-order valence-electron chi connectivity index (χ1n) is 7.97. The van der Waals surface area contributed by atoms with Crippen molar-refractivity contribution in [3.8, 4) is 11.5 Å². The fourth-order valence-corrected chi connectivity index (χ4v) is 2.68. The van der Waals surface area contributed by atoms with Crippen molar-refractivity contribution in [1.82, 2.24) is 0 Å². The Bertz CT molecular complexity index is 761. The van der Waals surface area contributed by atoms with Gasteiger partial charge >= 0.3 is 6.16 Å². The van der Waals surface area contributed by atoms with Gasteiger partial charge in [-0.3, -0.25) is 0 Å². The van der Waals surface area contributed by atoms with Gasteiger partial charge in [0.05, 0.1) is 12.7 Å². The van der Waals surface area contributed by atoms with Gasteiger partial charge in [-0.2, -0.15) is 0 Å². The largest absolute Gasteiger partial charge is 0.513 e. The van der Waals surface area contributed by atoms with Gasteiger partial charge in [0.25, 0.3) is 0 Å². The maximum Gasteiger partial charge on any atom is 0.513 e. The van der Waals surface area contributed by atoms with Gasteiger partial charge < -0.3 is 14.2 Å². The Hall–Kier alpha value is -2.27. The molecular weight excluding hydrogens is 347 g/mol. The number of halogens is 2. The molecule has 2 rings (SSSR count). The zero-order valence-electron chi connectivity index (χ0n) is 14.4. The van der Waals surface area contributed by atoms with Crippen LogP contribution in [-0.2, 0) is 24.2 Å². The van der Waals surface area contributed by atoms with Crippen LogP contribution in [0.2, 0.25) is 5.02 Å². The number of benzene rings is 2. The third kappa shape index (κ3) is 4.63. The summed E-state index contributed by atoms with van der Waals surface area (Å²) < 4.78 is 29.3. The summed E-state index contributed by atoms with van der Waals surface area (Å²) in [5.41, 5.74) is 2.14. The Balaban J connectivity index is 2.27. The molecule has 0 radical (unpaired) electrons. The maximum atomic E-state index is 14.1. The highest BCUT2D eigenvalue weighted by Crippen LogP contribution is 2.30. The van der Waals surface area contributed by atoms with E-state index >= 15 is 0 Å². The lowest BCUT2D eigenvalue weighted by Crippen LogP contribution is -2.11. The van der Waals surface area contributed by atoms with Crippen LogP contribution in [0, 0.1) is 5.82 Å². The lowest BCUT2D eigenvalue weighted by atomic mass is 10.1. The van der Waals surface area contributed by atoms with E-state index in [0.29, 0.717) is 10.8 Å². The quantitative estimate of drug-likeness (QED) is 0.512. The number of hydrogen-bond donors (Lipinski definition) is 0. The second kappa shape index (κ2) is 8.72. The molecule has 0 atom stereocenters. The molecule has 134 valence electrons. The van der Waals surface area contributed by atoms with Crippen molar-refractivity contribution in [2.45, 2.75) is 33.3 Å². The number of ether oxygens (including phenoxy) is 3. The Morgan fingerprint density at radius 3 is 2.48 bits per heavy atom. The first-order valence-corrected chi connectivity index (χ1v) is 8.35. The average molecular weight is 367 g/mol. The lowest BCUT2D eigenvalue weighted by molar-refractivity contribution is 0.120. The highest BCUT2D eigenvalue weighted by Gasteiger charge is 2.15. The summed E-state index contributed by atoms with van der Waals surface area (Å²) in [4.78, 5) is 11.3.